The number of carboxylic acids is 1. The van der Waals surface area contributed by atoms with E-state index in [4.69, 9.17) is 9.84 Å². The first-order valence-electron chi connectivity index (χ1n) is 6.19. The molecule has 8 heteroatoms. The third-order valence-electron chi connectivity index (χ3n) is 2.64. The van der Waals surface area contributed by atoms with E-state index in [2.05, 4.69) is 0 Å². The molecule has 0 saturated heterocycles. The molecule has 0 heterocycles. The molecule has 0 rings (SSSR count). The number of carbonyl (C=O) groups excluding carboxylic acids is 2. The minimum absolute atomic E-state index is 0.0641. The van der Waals surface area contributed by atoms with Crippen molar-refractivity contribution in [2.75, 3.05) is 39.5 Å². The van der Waals surface area contributed by atoms with Crippen LogP contribution in [-0.4, -0.2) is 77.7 Å². The molecular weight excluding hydrogens is 284 g/mol. The molecule has 20 heavy (non-hydrogen) atoms. The van der Waals surface area contributed by atoms with E-state index >= 15 is 0 Å². The molecule has 1 unspecified atom stereocenters. The lowest BCUT2D eigenvalue weighted by Gasteiger charge is -2.21. The Bertz CT molecular complexity index is 351. The fraction of sp³-hybridized carbons (Fsp3) is 0.750. The fourth-order valence-corrected chi connectivity index (χ4v) is 1.76. The van der Waals surface area contributed by atoms with Crippen LogP contribution in [0.2, 0.25) is 0 Å². The number of nitrogens with zero attached hydrogens (tertiary/aromatic N) is 2. The third kappa shape index (κ3) is 7.88. The van der Waals surface area contributed by atoms with Crippen LogP contribution >= 0.6 is 11.8 Å². The van der Waals surface area contributed by atoms with E-state index in [-0.39, 0.29) is 12.5 Å². The Morgan fingerprint density at radius 2 is 1.75 bits per heavy atom. The largest absolute Gasteiger partial charge is 0.480 e. The summed E-state index contributed by atoms with van der Waals surface area (Å²) >= 11 is 1.21. The van der Waals surface area contributed by atoms with Crippen LogP contribution in [0.25, 0.3) is 0 Å². The Kier molecular flexibility index (Phi) is 8.78. The fourth-order valence-electron chi connectivity index (χ4n) is 1.08. The summed E-state index contributed by atoms with van der Waals surface area (Å²) in [6, 6.07) is 0. The molecule has 0 radical (unpaired) electrons. The molecule has 1 atom stereocenters. The normalized spacial score (nSPS) is 11.6. The highest BCUT2D eigenvalue weighted by Crippen LogP contribution is 2.09. The summed E-state index contributed by atoms with van der Waals surface area (Å²) in [5.74, 6) is -0.517. The van der Waals surface area contributed by atoms with Gasteiger partial charge in [-0.1, -0.05) is 0 Å². The molecule has 0 aromatic carbocycles. The van der Waals surface area contributed by atoms with Crippen molar-refractivity contribution in [3.63, 3.8) is 0 Å². The monoisotopic (exact) mass is 306 g/mol. The first-order chi connectivity index (χ1) is 9.25. The first-order valence-corrected chi connectivity index (χ1v) is 7.24. The van der Waals surface area contributed by atoms with Gasteiger partial charge in [0, 0.05) is 39.9 Å². The lowest BCUT2D eigenvalue weighted by Crippen LogP contribution is -2.37. The molecule has 1 N–H and O–H groups in total. The molecule has 0 saturated carbocycles. The van der Waals surface area contributed by atoms with Crippen molar-refractivity contribution in [3.05, 3.63) is 0 Å². The highest BCUT2D eigenvalue weighted by Gasteiger charge is 2.13. The number of ether oxygens (including phenoxy) is 1. The average molecular weight is 306 g/mol. The van der Waals surface area contributed by atoms with Gasteiger partial charge in [0.15, 0.2) is 0 Å². The average Bonchev–Trinajstić information content (AvgIpc) is 2.39. The van der Waals surface area contributed by atoms with Crippen LogP contribution in [0.1, 0.15) is 13.8 Å². The smallest absolute Gasteiger partial charge is 0.409 e. The van der Waals surface area contributed by atoms with Crippen LogP contribution in [0.15, 0.2) is 0 Å². The van der Waals surface area contributed by atoms with Gasteiger partial charge in [-0.3, -0.25) is 9.59 Å². The minimum Gasteiger partial charge on any atom is -0.480 e. The van der Waals surface area contributed by atoms with Gasteiger partial charge in [-0.2, -0.15) is 0 Å². The van der Waals surface area contributed by atoms with Gasteiger partial charge in [0.2, 0.25) is 5.91 Å². The molecular formula is C12H22N2O5S. The molecule has 2 amide bonds. The maximum atomic E-state index is 11.6. The van der Waals surface area contributed by atoms with Crippen LogP contribution in [0.3, 0.4) is 0 Å². The molecule has 0 aliphatic heterocycles. The van der Waals surface area contributed by atoms with Crippen molar-refractivity contribution in [2.24, 2.45) is 0 Å². The second-order valence-corrected chi connectivity index (χ2v) is 5.78. The Morgan fingerprint density at radius 3 is 2.25 bits per heavy atom. The molecule has 0 aliphatic carbocycles. The molecule has 0 aromatic heterocycles. The number of amides is 2. The highest BCUT2D eigenvalue weighted by atomic mass is 32.2. The summed E-state index contributed by atoms with van der Waals surface area (Å²) < 4.78 is 5.00. The Balaban J connectivity index is 3.81. The van der Waals surface area contributed by atoms with E-state index in [1.165, 1.54) is 28.5 Å². The van der Waals surface area contributed by atoms with Crippen molar-refractivity contribution in [1.82, 2.24) is 9.80 Å². The van der Waals surface area contributed by atoms with Crippen molar-refractivity contribution >= 4 is 29.7 Å². The Morgan fingerprint density at radius 1 is 1.20 bits per heavy atom. The van der Waals surface area contributed by atoms with Gasteiger partial charge in [-0.25, -0.2) is 4.79 Å². The summed E-state index contributed by atoms with van der Waals surface area (Å²) in [7, 11) is 3.24. The minimum atomic E-state index is -0.884. The number of aliphatic carboxylic acids is 1. The molecule has 0 aromatic rings. The zero-order chi connectivity index (χ0) is 15.7. The third-order valence-corrected chi connectivity index (χ3v) is 3.75. The number of thioether (sulfide) groups is 1. The topological polar surface area (TPSA) is 87.2 Å². The standard InChI is InChI=1S/C12H22N2O5S/c1-9(11(16)17)20-8-7-19-12(18)14(4)6-5-13(3)10(2)15/h9H,5-8H2,1-4H3,(H,16,17). The number of likely N-dealkylation sites (N-methyl/N-ethyl adjacent to an activating group) is 2. The molecule has 0 bridgehead atoms. The maximum Gasteiger partial charge on any atom is 0.409 e. The quantitative estimate of drug-likeness (QED) is 0.666. The molecule has 0 spiro atoms. The van der Waals surface area contributed by atoms with Gasteiger partial charge in [0.05, 0.1) is 5.25 Å². The molecule has 7 nitrogen and oxygen atoms in total. The zero-order valence-electron chi connectivity index (χ0n) is 12.3. The molecule has 0 aliphatic rings. The summed E-state index contributed by atoms with van der Waals surface area (Å²) in [6.07, 6.45) is -0.481. The van der Waals surface area contributed by atoms with Crippen molar-refractivity contribution < 1.29 is 24.2 Å². The number of carboxylic acid groups (broad SMARTS) is 1. The predicted octanol–water partition coefficient (Wildman–Crippen LogP) is 0.739. The van der Waals surface area contributed by atoms with Crippen molar-refractivity contribution in [3.8, 4) is 0 Å². The van der Waals surface area contributed by atoms with Crippen molar-refractivity contribution in [2.45, 2.75) is 19.1 Å². The second-order valence-electron chi connectivity index (χ2n) is 4.33. The van der Waals surface area contributed by atoms with Gasteiger partial charge in [0.25, 0.3) is 0 Å². The Labute approximate surface area is 123 Å². The van der Waals surface area contributed by atoms with Gasteiger partial charge < -0.3 is 19.6 Å². The van der Waals surface area contributed by atoms with E-state index in [0.717, 1.165) is 0 Å². The summed E-state index contributed by atoms with van der Waals surface area (Å²) in [5.41, 5.74) is 0. The van der Waals surface area contributed by atoms with Crippen LogP contribution in [-0.2, 0) is 14.3 Å². The second kappa shape index (κ2) is 9.46. The predicted molar refractivity (Wildman–Crippen MR) is 76.8 cm³/mol. The lowest BCUT2D eigenvalue weighted by molar-refractivity contribution is -0.136. The van der Waals surface area contributed by atoms with Crippen molar-refractivity contribution in [1.29, 1.82) is 0 Å². The first kappa shape index (κ1) is 18.6. The zero-order valence-corrected chi connectivity index (χ0v) is 13.1. The molecule has 0 fully saturated rings. The number of carbonyl (C=O) groups is 3. The van der Waals surface area contributed by atoms with Crippen LogP contribution in [0.4, 0.5) is 4.79 Å². The van der Waals surface area contributed by atoms with Gasteiger partial charge in [0.1, 0.15) is 6.61 Å². The van der Waals surface area contributed by atoms with Gasteiger partial charge in [-0.15, -0.1) is 11.8 Å². The van der Waals surface area contributed by atoms with Crippen LogP contribution in [0.5, 0.6) is 0 Å². The van der Waals surface area contributed by atoms with E-state index < -0.39 is 17.3 Å². The van der Waals surface area contributed by atoms with Crippen LogP contribution < -0.4 is 0 Å². The van der Waals surface area contributed by atoms with Gasteiger partial charge in [-0.05, 0) is 6.92 Å². The SMILES string of the molecule is CC(=O)N(C)CCN(C)C(=O)OCCSC(C)C(=O)O. The van der Waals surface area contributed by atoms with E-state index in [9.17, 15) is 14.4 Å². The number of hydrogen-bond donors (Lipinski definition) is 1. The Hall–Kier alpha value is -1.44. The summed E-state index contributed by atoms with van der Waals surface area (Å²) in [5, 5.41) is 8.16. The highest BCUT2D eigenvalue weighted by molar-refractivity contribution is 8.00. The van der Waals surface area contributed by atoms with Gasteiger partial charge >= 0.3 is 12.1 Å². The molecule has 116 valence electrons. The summed E-state index contributed by atoms with van der Waals surface area (Å²) in [4.78, 5) is 36.0. The van der Waals surface area contributed by atoms with E-state index in [1.807, 2.05) is 0 Å². The number of hydrogen-bond acceptors (Lipinski definition) is 5. The van der Waals surface area contributed by atoms with E-state index in [1.54, 1.807) is 21.0 Å². The lowest BCUT2D eigenvalue weighted by atomic mass is 10.5. The maximum absolute atomic E-state index is 11.6. The summed E-state index contributed by atoms with van der Waals surface area (Å²) in [6.45, 7) is 4.02. The van der Waals surface area contributed by atoms with Crippen LogP contribution in [0, 0.1) is 0 Å². The number of rotatable bonds is 8. The van der Waals surface area contributed by atoms with E-state index in [0.29, 0.717) is 18.8 Å².